The molecule has 0 bridgehead atoms. The van der Waals surface area contributed by atoms with Crippen LogP contribution < -0.4 is 0 Å². The summed E-state index contributed by atoms with van der Waals surface area (Å²) in [7, 11) is 0. The highest BCUT2D eigenvalue weighted by Crippen LogP contribution is 1.97. The third-order valence-corrected chi connectivity index (χ3v) is 0.816. The number of aryl methyl sites for hydroxylation is 1. The zero-order valence-corrected chi connectivity index (χ0v) is 4.65. The molecule has 0 aromatic carbocycles. The van der Waals surface area contributed by atoms with Crippen LogP contribution >= 0.6 is 0 Å². The van der Waals surface area contributed by atoms with E-state index in [1.807, 2.05) is 0 Å². The van der Waals surface area contributed by atoms with Crippen molar-refractivity contribution in [3.8, 4) is 0 Å². The van der Waals surface area contributed by atoms with Gasteiger partial charge in [-0.2, -0.15) is 13.8 Å². The molecule has 9 heavy (non-hydrogen) atoms. The molecule has 1 rings (SSSR count). The first-order valence-electron chi connectivity index (χ1n) is 2.27. The summed E-state index contributed by atoms with van der Waals surface area (Å²) in [6.07, 6.45) is 1.02. The molecule has 0 N–H and O–H groups in total. The third kappa shape index (κ3) is 1.19. The Balaban J connectivity index is 3.17. The number of hydrogen-bond donors (Lipinski definition) is 0. The van der Waals surface area contributed by atoms with Crippen molar-refractivity contribution >= 4 is 0 Å². The maximum Gasteiger partial charge on any atom is 0.311 e. The molecule has 0 spiro atoms. The Morgan fingerprint density at radius 2 is 2.11 bits per heavy atom. The van der Waals surface area contributed by atoms with Gasteiger partial charge in [-0.25, -0.2) is 4.98 Å². The van der Waals surface area contributed by atoms with E-state index in [2.05, 4.69) is 16.2 Å². The van der Waals surface area contributed by atoms with Crippen molar-refractivity contribution in [1.29, 1.82) is 0 Å². The fourth-order valence-corrected chi connectivity index (χ4v) is 0.366. The van der Waals surface area contributed by atoms with Crippen LogP contribution in [-0.4, -0.2) is 9.97 Å². The average molecular weight is 129 g/mol. The first-order chi connectivity index (χ1) is 4.20. The van der Waals surface area contributed by atoms with Gasteiger partial charge < -0.3 is 0 Å². The molecule has 1 heterocycles. The highest BCUT2D eigenvalue weighted by molar-refractivity contribution is 4.99. The quantitative estimate of drug-likeness (QED) is 0.383. The molecule has 1 radical (unpaired) electrons. The van der Waals surface area contributed by atoms with Crippen molar-refractivity contribution in [3.05, 3.63) is 23.8 Å². The second kappa shape index (κ2) is 2.05. The Kier molecular flexibility index (Phi) is 1.38. The van der Waals surface area contributed by atoms with Crippen LogP contribution in [-0.2, 0) is 0 Å². The van der Waals surface area contributed by atoms with Gasteiger partial charge in [0.2, 0.25) is 5.95 Å². The Morgan fingerprint density at radius 1 is 1.44 bits per heavy atom. The summed E-state index contributed by atoms with van der Waals surface area (Å²) in [5.74, 6) is -0.859. The average Bonchev–Trinajstić information content (AvgIpc) is 1.80. The first kappa shape index (κ1) is 6.07. The summed E-state index contributed by atoms with van der Waals surface area (Å²) in [6, 6.07) is 0. The molecule has 0 aliphatic carbocycles. The Hall–Kier alpha value is -1.06. The van der Waals surface area contributed by atoms with Crippen LogP contribution in [0.1, 0.15) is 5.56 Å². The summed E-state index contributed by atoms with van der Waals surface area (Å²) in [5, 5.41) is 0. The van der Waals surface area contributed by atoms with Crippen LogP contribution in [0.2, 0.25) is 0 Å². The Bertz CT molecular complexity index is 224. The molecule has 1 aromatic heterocycles. The minimum atomic E-state index is -1.09. The molecular formula is C5H3F2N2. The fraction of sp³-hybridized carbons (Fsp3) is 0.200. The van der Waals surface area contributed by atoms with Crippen LogP contribution in [0.15, 0.2) is 0 Å². The number of halogens is 2. The number of aromatic nitrogens is 2. The monoisotopic (exact) mass is 129 g/mol. The molecule has 0 aliphatic heterocycles. The molecule has 0 saturated carbocycles. The van der Waals surface area contributed by atoms with Gasteiger partial charge in [0, 0.05) is 5.56 Å². The van der Waals surface area contributed by atoms with E-state index in [1.165, 1.54) is 6.92 Å². The third-order valence-electron chi connectivity index (χ3n) is 0.816. The molecule has 4 heteroatoms. The van der Waals surface area contributed by atoms with Crippen LogP contribution in [0.3, 0.4) is 0 Å². The Morgan fingerprint density at radius 3 is 2.56 bits per heavy atom. The van der Waals surface area contributed by atoms with E-state index in [9.17, 15) is 8.78 Å². The zero-order chi connectivity index (χ0) is 6.85. The van der Waals surface area contributed by atoms with E-state index >= 15 is 0 Å². The molecule has 1 aromatic rings. The molecule has 0 fully saturated rings. The SMILES string of the molecule is Cc1[c]nc(F)nc1F. The number of rotatable bonds is 0. The van der Waals surface area contributed by atoms with Gasteiger partial charge in [-0.05, 0) is 6.92 Å². The fourth-order valence-electron chi connectivity index (χ4n) is 0.366. The number of hydrogen-bond acceptors (Lipinski definition) is 2. The molecular weight excluding hydrogens is 126 g/mol. The maximum absolute atomic E-state index is 12.2. The van der Waals surface area contributed by atoms with Crippen molar-refractivity contribution < 1.29 is 8.78 Å². The second-order valence-corrected chi connectivity index (χ2v) is 1.52. The van der Waals surface area contributed by atoms with Gasteiger partial charge >= 0.3 is 6.08 Å². The molecule has 0 unspecified atom stereocenters. The van der Waals surface area contributed by atoms with Crippen molar-refractivity contribution in [2.24, 2.45) is 0 Å². The largest absolute Gasteiger partial charge is 0.311 e. The predicted octanol–water partition coefficient (Wildman–Crippen LogP) is 0.863. The lowest BCUT2D eigenvalue weighted by Crippen LogP contribution is -1.95. The van der Waals surface area contributed by atoms with Gasteiger partial charge in [-0.3, -0.25) is 0 Å². The van der Waals surface area contributed by atoms with Gasteiger partial charge in [0.25, 0.3) is 0 Å². The molecule has 0 atom stereocenters. The standard InChI is InChI=1S/C5H3F2N2/c1-3-2-8-5(7)9-4(3)6/h1H3. The normalized spacial score (nSPS) is 9.67. The van der Waals surface area contributed by atoms with Crippen molar-refractivity contribution in [3.63, 3.8) is 0 Å². The van der Waals surface area contributed by atoms with E-state index in [0.717, 1.165) is 0 Å². The van der Waals surface area contributed by atoms with Crippen LogP contribution in [0.4, 0.5) is 8.78 Å². The smallest absolute Gasteiger partial charge is 0.200 e. The summed E-state index contributed by atoms with van der Waals surface area (Å²) < 4.78 is 24.0. The van der Waals surface area contributed by atoms with Gasteiger partial charge in [0.15, 0.2) is 0 Å². The van der Waals surface area contributed by atoms with Crippen molar-refractivity contribution in [1.82, 2.24) is 9.97 Å². The van der Waals surface area contributed by atoms with Gasteiger partial charge in [-0.15, -0.1) is 0 Å². The summed E-state index contributed by atoms with van der Waals surface area (Å²) >= 11 is 0. The van der Waals surface area contributed by atoms with E-state index in [-0.39, 0.29) is 5.56 Å². The summed E-state index contributed by atoms with van der Waals surface area (Å²) in [4.78, 5) is 5.79. The van der Waals surface area contributed by atoms with Crippen LogP contribution in [0, 0.1) is 25.1 Å². The highest BCUT2D eigenvalue weighted by atomic mass is 19.1. The lowest BCUT2D eigenvalue weighted by atomic mass is 10.4. The number of nitrogens with zero attached hydrogens (tertiary/aromatic N) is 2. The molecule has 47 valence electrons. The zero-order valence-electron chi connectivity index (χ0n) is 4.65. The van der Waals surface area contributed by atoms with Crippen LogP contribution in [0.25, 0.3) is 0 Å². The summed E-state index contributed by atoms with van der Waals surface area (Å²) in [5.41, 5.74) is 0.122. The van der Waals surface area contributed by atoms with Gasteiger partial charge in [-0.1, -0.05) is 0 Å². The van der Waals surface area contributed by atoms with E-state index in [0.29, 0.717) is 0 Å². The first-order valence-corrected chi connectivity index (χ1v) is 2.27. The molecule has 0 saturated heterocycles. The lowest BCUT2D eigenvalue weighted by Gasteiger charge is -1.89. The Labute approximate surface area is 50.6 Å². The van der Waals surface area contributed by atoms with E-state index < -0.39 is 12.0 Å². The van der Waals surface area contributed by atoms with E-state index in [1.54, 1.807) is 0 Å². The van der Waals surface area contributed by atoms with Gasteiger partial charge in [0.1, 0.15) is 6.20 Å². The molecule has 0 amide bonds. The van der Waals surface area contributed by atoms with E-state index in [4.69, 9.17) is 0 Å². The molecule has 0 aliphatic rings. The van der Waals surface area contributed by atoms with Crippen molar-refractivity contribution in [2.75, 3.05) is 0 Å². The van der Waals surface area contributed by atoms with Crippen LogP contribution in [0.5, 0.6) is 0 Å². The second-order valence-electron chi connectivity index (χ2n) is 1.52. The van der Waals surface area contributed by atoms with Crippen molar-refractivity contribution in [2.45, 2.75) is 6.92 Å². The lowest BCUT2D eigenvalue weighted by molar-refractivity contribution is 0.476. The summed E-state index contributed by atoms with van der Waals surface area (Å²) in [6.45, 7) is 1.41. The maximum atomic E-state index is 12.2. The topological polar surface area (TPSA) is 25.8 Å². The highest BCUT2D eigenvalue weighted by Gasteiger charge is 1.99. The molecule has 2 nitrogen and oxygen atoms in total. The minimum Gasteiger partial charge on any atom is -0.200 e. The predicted molar refractivity (Wildman–Crippen MR) is 25.5 cm³/mol. The van der Waals surface area contributed by atoms with Gasteiger partial charge in [0.05, 0.1) is 0 Å². The minimum absolute atomic E-state index is 0.122.